The molecule has 0 aliphatic rings. The van der Waals surface area contributed by atoms with Gasteiger partial charge in [-0.3, -0.25) is 4.79 Å². The highest BCUT2D eigenvalue weighted by atomic mass is 35.5. The maximum absolute atomic E-state index is 13.3. The lowest BCUT2D eigenvalue weighted by atomic mass is 10.1. The summed E-state index contributed by atoms with van der Waals surface area (Å²) in [7, 11) is 0. The van der Waals surface area contributed by atoms with Gasteiger partial charge in [-0.25, -0.2) is 14.4 Å². The predicted molar refractivity (Wildman–Crippen MR) is 137 cm³/mol. The van der Waals surface area contributed by atoms with Gasteiger partial charge in [-0.05, 0) is 79.1 Å². The molecule has 4 aromatic rings. The molecular formula is C26H21ClFN3OS2. The first-order chi connectivity index (χ1) is 16.4. The summed E-state index contributed by atoms with van der Waals surface area (Å²) in [5.41, 5.74) is 4.17. The van der Waals surface area contributed by atoms with E-state index >= 15 is 0 Å². The van der Waals surface area contributed by atoms with Crippen molar-refractivity contribution in [3.63, 3.8) is 0 Å². The number of hydrogen-bond donors (Lipinski definition) is 1. The first kappa shape index (κ1) is 24.3. The van der Waals surface area contributed by atoms with Gasteiger partial charge in [0, 0.05) is 27.6 Å². The highest BCUT2D eigenvalue weighted by Crippen LogP contribution is 2.32. The third-order valence-electron chi connectivity index (χ3n) is 5.04. The fraction of sp³-hybridized carbons (Fsp3) is 0.115. The minimum absolute atomic E-state index is 0.279. The van der Waals surface area contributed by atoms with E-state index in [4.69, 9.17) is 11.6 Å². The smallest absolute Gasteiger partial charge is 0.275 e. The number of anilines is 1. The third-order valence-corrected chi connectivity index (χ3v) is 7.25. The highest BCUT2D eigenvalue weighted by molar-refractivity contribution is 7.99. The molecule has 8 heteroatoms. The Morgan fingerprint density at radius 2 is 1.74 bits per heavy atom. The second kappa shape index (κ2) is 11.0. The zero-order valence-corrected chi connectivity index (χ0v) is 20.9. The number of amides is 1. The number of nitrogens with one attached hydrogen (secondary N) is 1. The van der Waals surface area contributed by atoms with Crippen molar-refractivity contribution in [3.8, 4) is 0 Å². The van der Waals surface area contributed by atoms with E-state index in [2.05, 4.69) is 15.3 Å². The van der Waals surface area contributed by atoms with Crippen molar-refractivity contribution in [1.82, 2.24) is 9.97 Å². The Bertz CT molecular complexity index is 1310. The van der Waals surface area contributed by atoms with Crippen LogP contribution < -0.4 is 5.32 Å². The van der Waals surface area contributed by atoms with Gasteiger partial charge in [0.2, 0.25) is 0 Å². The van der Waals surface area contributed by atoms with Crippen LogP contribution in [-0.2, 0) is 5.75 Å². The van der Waals surface area contributed by atoms with Crippen LogP contribution in [0.1, 0.15) is 27.2 Å². The Balaban J connectivity index is 1.60. The summed E-state index contributed by atoms with van der Waals surface area (Å²) in [5.74, 6) is -0.0352. The molecule has 1 heterocycles. The first-order valence-electron chi connectivity index (χ1n) is 10.4. The van der Waals surface area contributed by atoms with Crippen LogP contribution in [0.5, 0.6) is 0 Å². The maximum Gasteiger partial charge on any atom is 0.275 e. The van der Waals surface area contributed by atoms with Crippen molar-refractivity contribution in [1.29, 1.82) is 0 Å². The Labute approximate surface area is 211 Å². The summed E-state index contributed by atoms with van der Waals surface area (Å²) >= 11 is 8.79. The number of carbonyl (C=O) groups is 1. The summed E-state index contributed by atoms with van der Waals surface area (Å²) < 4.78 is 13.2. The molecule has 0 bridgehead atoms. The van der Waals surface area contributed by atoms with E-state index in [1.165, 1.54) is 35.7 Å². The largest absolute Gasteiger partial charge is 0.321 e. The number of rotatable bonds is 7. The van der Waals surface area contributed by atoms with Crippen LogP contribution in [0.4, 0.5) is 10.1 Å². The van der Waals surface area contributed by atoms with Gasteiger partial charge in [-0.2, -0.15) is 0 Å². The molecule has 0 unspecified atom stereocenters. The lowest BCUT2D eigenvalue weighted by Gasteiger charge is -2.12. The van der Waals surface area contributed by atoms with Crippen LogP contribution >= 0.6 is 35.1 Å². The molecule has 0 saturated heterocycles. The summed E-state index contributed by atoms with van der Waals surface area (Å²) in [6.07, 6.45) is 1.66. The van der Waals surface area contributed by atoms with Gasteiger partial charge in [0.1, 0.15) is 11.5 Å². The zero-order chi connectivity index (χ0) is 24.1. The summed E-state index contributed by atoms with van der Waals surface area (Å²) in [6.45, 7) is 4.03. The maximum atomic E-state index is 13.3. The SMILES string of the molecule is Cc1ccc(NC(=O)c2nc(SCc3ccc(F)cc3)ncc2Sc2ccc(Cl)cc2)cc1C. The van der Waals surface area contributed by atoms with Crippen molar-refractivity contribution in [2.45, 2.75) is 34.5 Å². The van der Waals surface area contributed by atoms with Crippen LogP contribution in [0.3, 0.4) is 0 Å². The van der Waals surface area contributed by atoms with E-state index in [1.54, 1.807) is 30.5 Å². The molecule has 0 fully saturated rings. The molecular weight excluding hydrogens is 489 g/mol. The monoisotopic (exact) mass is 509 g/mol. The van der Waals surface area contributed by atoms with Crippen molar-refractivity contribution < 1.29 is 9.18 Å². The van der Waals surface area contributed by atoms with Crippen LogP contribution in [0.25, 0.3) is 0 Å². The summed E-state index contributed by atoms with van der Waals surface area (Å²) in [5, 5.41) is 4.06. The summed E-state index contributed by atoms with van der Waals surface area (Å²) in [6, 6.07) is 19.4. The molecule has 0 spiro atoms. The van der Waals surface area contributed by atoms with Crippen molar-refractivity contribution in [2.24, 2.45) is 0 Å². The number of benzene rings is 3. The van der Waals surface area contributed by atoms with Crippen molar-refractivity contribution in [2.75, 3.05) is 5.32 Å². The van der Waals surface area contributed by atoms with E-state index in [0.29, 0.717) is 26.5 Å². The van der Waals surface area contributed by atoms with Gasteiger partial charge in [-0.1, -0.05) is 53.3 Å². The van der Waals surface area contributed by atoms with Crippen LogP contribution in [0.2, 0.25) is 5.02 Å². The molecule has 1 amide bonds. The Morgan fingerprint density at radius 1 is 1.00 bits per heavy atom. The first-order valence-corrected chi connectivity index (χ1v) is 12.6. The van der Waals surface area contributed by atoms with Crippen LogP contribution in [0.15, 0.2) is 87.9 Å². The Kier molecular flexibility index (Phi) is 7.88. The van der Waals surface area contributed by atoms with Gasteiger partial charge in [0.15, 0.2) is 5.16 Å². The fourth-order valence-corrected chi connectivity index (χ4v) is 4.79. The molecule has 0 radical (unpaired) electrons. The van der Waals surface area contributed by atoms with Gasteiger partial charge >= 0.3 is 0 Å². The topological polar surface area (TPSA) is 54.9 Å². The van der Waals surface area contributed by atoms with Crippen LogP contribution in [0, 0.1) is 19.7 Å². The summed E-state index contributed by atoms with van der Waals surface area (Å²) in [4.78, 5) is 23.8. The quantitative estimate of drug-likeness (QED) is 0.205. The van der Waals surface area contributed by atoms with E-state index < -0.39 is 0 Å². The molecule has 0 atom stereocenters. The molecule has 0 saturated carbocycles. The zero-order valence-electron chi connectivity index (χ0n) is 18.5. The molecule has 1 N–H and O–H groups in total. The molecule has 1 aromatic heterocycles. The van der Waals surface area contributed by atoms with Gasteiger partial charge in [0.25, 0.3) is 5.91 Å². The predicted octanol–water partition coefficient (Wildman–Crippen LogP) is 7.58. The Hall–Kier alpha value is -2.87. The average molecular weight is 510 g/mol. The highest BCUT2D eigenvalue weighted by Gasteiger charge is 2.18. The number of hydrogen-bond acceptors (Lipinski definition) is 5. The van der Waals surface area contributed by atoms with Gasteiger partial charge < -0.3 is 5.32 Å². The fourth-order valence-electron chi connectivity index (χ4n) is 3.03. The van der Waals surface area contributed by atoms with Crippen molar-refractivity contribution in [3.05, 3.63) is 106 Å². The molecule has 4 rings (SSSR count). The number of aryl methyl sites for hydroxylation is 2. The van der Waals surface area contributed by atoms with Gasteiger partial charge in [-0.15, -0.1) is 0 Å². The third kappa shape index (κ3) is 6.38. The second-order valence-electron chi connectivity index (χ2n) is 7.59. The molecule has 0 aliphatic carbocycles. The standard InChI is InChI=1S/C26H21ClFN3OS2/c1-16-3-10-21(13-17(16)2)30-25(32)24-23(34-22-11-6-19(27)7-12-22)14-29-26(31-24)33-15-18-4-8-20(28)9-5-18/h3-14H,15H2,1-2H3,(H,30,32). The number of carbonyl (C=O) groups excluding carboxylic acids is 1. The number of halogens is 2. The molecule has 34 heavy (non-hydrogen) atoms. The van der Waals surface area contributed by atoms with E-state index in [9.17, 15) is 9.18 Å². The van der Waals surface area contributed by atoms with Crippen molar-refractivity contribution >= 4 is 46.7 Å². The molecule has 172 valence electrons. The normalized spacial score (nSPS) is 10.8. The molecule has 4 nitrogen and oxygen atoms in total. The van der Waals surface area contributed by atoms with Crippen LogP contribution in [-0.4, -0.2) is 15.9 Å². The van der Waals surface area contributed by atoms with E-state index in [1.807, 2.05) is 44.2 Å². The van der Waals surface area contributed by atoms with E-state index in [0.717, 1.165) is 21.6 Å². The molecule has 3 aromatic carbocycles. The number of thioether (sulfide) groups is 1. The second-order valence-corrected chi connectivity index (χ2v) is 10.1. The minimum Gasteiger partial charge on any atom is -0.321 e. The lowest BCUT2D eigenvalue weighted by Crippen LogP contribution is -2.16. The van der Waals surface area contributed by atoms with Gasteiger partial charge in [0.05, 0.1) is 4.90 Å². The average Bonchev–Trinajstić information content (AvgIpc) is 2.83. The minimum atomic E-state index is -0.314. The lowest BCUT2D eigenvalue weighted by molar-refractivity contribution is 0.101. The number of aromatic nitrogens is 2. The Morgan fingerprint density at radius 3 is 2.44 bits per heavy atom. The van der Waals surface area contributed by atoms with E-state index in [-0.39, 0.29) is 17.4 Å². The molecule has 0 aliphatic heterocycles. The number of nitrogens with zero attached hydrogens (tertiary/aromatic N) is 2.